The van der Waals surface area contributed by atoms with Crippen LogP contribution in [0.25, 0.3) is 0 Å². The number of hydrogen-bond acceptors (Lipinski definition) is 7. The van der Waals surface area contributed by atoms with Gasteiger partial charge in [0, 0.05) is 31.2 Å². The van der Waals surface area contributed by atoms with Crippen molar-refractivity contribution >= 4 is 11.9 Å². The molecule has 0 saturated carbocycles. The number of rotatable bonds is 11. The fraction of sp³-hybridized carbons (Fsp3) is 0.852. The highest BCUT2D eigenvalue weighted by Crippen LogP contribution is 2.39. The quantitative estimate of drug-likeness (QED) is 0.178. The van der Waals surface area contributed by atoms with E-state index in [0.717, 1.165) is 24.8 Å². The highest BCUT2D eigenvalue weighted by molar-refractivity contribution is 5.77. The Hall–Kier alpha value is -1.48. The van der Waals surface area contributed by atoms with Crippen molar-refractivity contribution in [3.63, 3.8) is 0 Å². The van der Waals surface area contributed by atoms with Gasteiger partial charge >= 0.3 is 5.97 Å². The van der Waals surface area contributed by atoms with Crippen LogP contribution < -0.4 is 0 Å². The fourth-order valence-corrected chi connectivity index (χ4v) is 4.34. The highest BCUT2D eigenvalue weighted by atomic mass is 16.7. The van der Waals surface area contributed by atoms with E-state index >= 15 is 0 Å². The van der Waals surface area contributed by atoms with Crippen LogP contribution in [0, 0.1) is 16.7 Å². The SMILES string of the molecule is C=C1C[C@H](CCCOC(=O)C(C)(C)C)O[C@H]1CCC1(C[C@@H](C)C(=O)N(C)OC)OCC(C)(C)CO1. The van der Waals surface area contributed by atoms with E-state index in [4.69, 9.17) is 23.8 Å². The first kappa shape index (κ1) is 29.7. The third-order valence-electron chi connectivity index (χ3n) is 6.68. The lowest BCUT2D eigenvalue weighted by Gasteiger charge is -2.45. The third kappa shape index (κ3) is 8.85. The van der Waals surface area contributed by atoms with Gasteiger partial charge in [0.05, 0.1) is 44.6 Å². The standard InChI is InChI=1S/C27H47NO7/c1-19-15-21(11-10-14-32-24(30)25(3,4)5)35-22(19)12-13-27(33-17-26(6,7)18-34-27)16-20(2)23(29)28(8)31-9/h20-22H,1,10-18H2,2-9H3/t20-,21+,22+/m1/s1. The summed E-state index contributed by atoms with van der Waals surface area (Å²) in [7, 11) is 3.09. The number of nitrogens with zero attached hydrogens (tertiary/aromatic N) is 1. The number of hydroxylamine groups is 2. The summed E-state index contributed by atoms with van der Waals surface area (Å²) in [6.07, 6.45) is 4.11. The van der Waals surface area contributed by atoms with Crippen LogP contribution in [0.4, 0.5) is 0 Å². The monoisotopic (exact) mass is 497 g/mol. The van der Waals surface area contributed by atoms with Crippen molar-refractivity contribution < 1.29 is 33.4 Å². The molecule has 1 amide bonds. The number of hydrogen-bond donors (Lipinski definition) is 0. The van der Waals surface area contributed by atoms with Crippen LogP contribution in [0.15, 0.2) is 12.2 Å². The smallest absolute Gasteiger partial charge is 0.311 e. The molecule has 35 heavy (non-hydrogen) atoms. The van der Waals surface area contributed by atoms with Gasteiger partial charge in [-0.3, -0.25) is 14.4 Å². The van der Waals surface area contributed by atoms with Crippen molar-refractivity contribution in [2.45, 2.75) is 98.1 Å². The molecule has 202 valence electrons. The minimum atomic E-state index is -0.845. The van der Waals surface area contributed by atoms with Gasteiger partial charge in [-0.25, -0.2) is 5.06 Å². The van der Waals surface area contributed by atoms with Gasteiger partial charge in [-0.1, -0.05) is 27.4 Å². The summed E-state index contributed by atoms with van der Waals surface area (Å²) in [6, 6.07) is 0. The van der Waals surface area contributed by atoms with Crippen LogP contribution in [0.1, 0.15) is 80.1 Å². The number of ether oxygens (including phenoxy) is 4. The van der Waals surface area contributed by atoms with E-state index in [0.29, 0.717) is 39.1 Å². The molecule has 3 atom stereocenters. The van der Waals surface area contributed by atoms with Gasteiger partial charge in [0.25, 0.3) is 0 Å². The topological polar surface area (TPSA) is 83.5 Å². The molecule has 0 aromatic heterocycles. The largest absolute Gasteiger partial charge is 0.465 e. The van der Waals surface area contributed by atoms with Crippen LogP contribution in [0.3, 0.4) is 0 Å². The third-order valence-corrected chi connectivity index (χ3v) is 6.68. The van der Waals surface area contributed by atoms with Gasteiger partial charge in [-0.2, -0.15) is 0 Å². The molecule has 0 aromatic rings. The predicted molar refractivity (Wildman–Crippen MR) is 133 cm³/mol. The molecule has 2 aliphatic heterocycles. The Morgan fingerprint density at radius 3 is 2.40 bits per heavy atom. The molecule has 2 saturated heterocycles. The molecule has 8 nitrogen and oxygen atoms in total. The maximum Gasteiger partial charge on any atom is 0.311 e. The summed E-state index contributed by atoms with van der Waals surface area (Å²) >= 11 is 0. The van der Waals surface area contributed by atoms with Crippen molar-refractivity contribution in [2.75, 3.05) is 34.0 Å². The Morgan fingerprint density at radius 1 is 1.20 bits per heavy atom. The molecular formula is C27H47NO7. The van der Waals surface area contributed by atoms with Crippen LogP contribution >= 0.6 is 0 Å². The molecule has 2 heterocycles. The van der Waals surface area contributed by atoms with Crippen molar-refractivity contribution in [3.8, 4) is 0 Å². The molecule has 0 aromatic carbocycles. The highest BCUT2D eigenvalue weighted by Gasteiger charge is 2.44. The van der Waals surface area contributed by atoms with Gasteiger partial charge in [-0.15, -0.1) is 0 Å². The average molecular weight is 498 g/mol. The van der Waals surface area contributed by atoms with Crippen LogP contribution in [0.2, 0.25) is 0 Å². The molecular weight excluding hydrogens is 450 g/mol. The lowest BCUT2D eigenvalue weighted by Crippen LogP contribution is -2.50. The van der Waals surface area contributed by atoms with Crippen LogP contribution in [-0.2, 0) is 33.4 Å². The second-order valence-electron chi connectivity index (χ2n) is 12.0. The summed E-state index contributed by atoms with van der Waals surface area (Å²) in [5.41, 5.74) is 0.504. The first-order valence-corrected chi connectivity index (χ1v) is 12.8. The summed E-state index contributed by atoms with van der Waals surface area (Å²) in [4.78, 5) is 29.6. The normalized spacial score (nSPS) is 24.7. The Labute approximate surface area is 211 Å². The molecule has 0 aliphatic carbocycles. The molecule has 2 rings (SSSR count). The zero-order chi connectivity index (χ0) is 26.4. The predicted octanol–water partition coefficient (Wildman–Crippen LogP) is 4.67. The van der Waals surface area contributed by atoms with E-state index in [1.54, 1.807) is 7.05 Å². The summed E-state index contributed by atoms with van der Waals surface area (Å²) in [5, 5.41) is 1.25. The number of carbonyl (C=O) groups is 2. The van der Waals surface area contributed by atoms with Crippen molar-refractivity contribution in [2.24, 2.45) is 16.7 Å². The Bertz CT molecular complexity index is 732. The summed E-state index contributed by atoms with van der Waals surface area (Å²) in [6.45, 7) is 17.4. The molecule has 0 N–H and O–H groups in total. The maximum absolute atomic E-state index is 12.6. The molecule has 0 bridgehead atoms. The Morgan fingerprint density at radius 2 is 1.83 bits per heavy atom. The Kier molecular flexibility index (Phi) is 10.3. The van der Waals surface area contributed by atoms with E-state index in [2.05, 4.69) is 20.4 Å². The Balaban J connectivity index is 1.90. The maximum atomic E-state index is 12.6. The lowest BCUT2D eigenvalue weighted by atomic mass is 9.89. The molecule has 8 heteroatoms. The molecule has 0 radical (unpaired) electrons. The van der Waals surface area contributed by atoms with E-state index in [9.17, 15) is 9.59 Å². The molecule has 2 fully saturated rings. The summed E-state index contributed by atoms with van der Waals surface area (Å²) in [5.74, 6) is -1.46. The van der Waals surface area contributed by atoms with E-state index in [-0.39, 0.29) is 35.4 Å². The van der Waals surface area contributed by atoms with E-state index < -0.39 is 11.2 Å². The number of amides is 1. The van der Waals surface area contributed by atoms with E-state index in [1.807, 2.05) is 27.7 Å². The minimum Gasteiger partial charge on any atom is -0.465 e. The van der Waals surface area contributed by atoms with Crippen molar-refractivity contribution in [1.29, 1.82) is 0 Å². The zero-order valence-electron chi connectivity index (χ0n) is 23.1. The van der Waals surface area contributed by atoms with Gasteiger partial charge in [0.2, 0.25) is 5.91 Å². The van der Waals surface area contributed by atoms with Gasteiger partial charge in [0.15, 0.2) is 5.79 Å². The number of esters is 1. The fourth-order valence-electron chi connectivity index (χ4n) is 4.34. The first-order valence-electron chi connectivity index (χ1n) is 12.8. The van der Waals surface area contributed by atoms with Crippen molar-refractivity contribution in [3.05, 3.63) is 12.2 Å². The minimum absolute atomic E-state index is 0.0692. The van der Waals surface area contributed by atoms with E-state index in [1.165, 1.54) is 12.2 Å². The van der Waals surface area contributed by atoms with Gasteiger partial charge in [-0.05, 0) is 52.0 Å². The van der Waals surface area contributed by atoms with Crippen LogP contribution in [-0.4, -0.2) is 68.9 Å². The van der Waals surface area contributed by atoms with Gasteiger partial charge < -0.3 is 18.9 Å². The molecule has 0 unspecified atom stereocenters. The van der Waals surface area contributed by atoms with Gasteiger partial charge in [0.1, 0.15) is 0 Å². The number of carbonyl (C=O) groups excluding carboxylic acids is 2. The average Bonchev–Trinajstić information content (AvgIpc) is 3.14. The second kappa shape index (κ2) is 12.2. The molecule has 2 aliphatic rings. The van der Waals surface area contributed by atoms with Crippen LogP contribution in [0.5, 0.6) is 0 Å². The summed E-state index contributed by atoms with van der Waals surface area (Å²) < 4.78 is 24.3. The zero-order valence-corrected chi connectivity index (χ0v) is 23.1. The second-order valence-corrected chi connectivity index (χ2v) is 12.0. The molecule has 0 spiro atoms. The lowest BCUT2D eigenvalue weighted by molar-refractivity contribution is -0.309. The van der Waals surface area contributed by atoms with Crippen molar-refractivity contribution in [1.82, 2.24) is 5.06 Å². The first-order chi connectivity index (χ1) is 16.2.